The fraction of sp³-hybridized carbons (Fsp3) is 0.0556. The molecule has 0 saturated heterocycles. The lowest BCUT2D eigenvalue weighted by Crippen LogP contribution is -2.34. The number of anilines is 1. The number of carbonyl (C=O) groups excluding carboxylic acids is 1. The Hall–Kier alpha value is -2.50. The van der Waals surface area contributed by atoms with Crippen molar-refractivity contribution in [1.29, 1.82) is 0 Å². The van der Waals surface area contributed by atoms with E-state index in [0.717, 1.165) is 22.2 Å². The number of benzene rings is 2. The third-order valence-corrected chi connectivity index (χ3v) is 4.15. The molecule has 4 nitrogen and oxygen atoms in total. The summed E-state index contributed by atoms with van der Waals surface area (Å²) in [4.78, 5) is 16.6. The van der Waals surface area contributed by atoms with E-state index < -0.39 is 0 Å². The lowest BCUT2D eigenvalue weighted by molar-refractivity contribution is 0.0977. The highest BCUT2D eigenvalue weighted by Gasteiger charge is 2.10. The van der Waals surface area contributed by atoms with Gasteiger partial charge in [0.15, 0.2) is 5.11 Å². The number of thiocarbonyl (C=S) groups is 1. The number of pyridine rings is 1. The van der Waals surface area contributed by atoms with Crippen LogP contribution in [0, 0.1) is 6.92 Å². The Morgan fingerprint density at radius 1 is 1.17 bits per heavy atom. The Bertz CT molecular complexity index is 937. The predicted molar refractivity (Wildman–Crippen MR) is 102 cm³/mol. The van der Waals surface area contributed by atoms with Crippen LogP contribution in [-0.4, -0.2) is 16.0 Å². The predicted octanol–water partition coefficient (Wildman–Crippen LogP) is 4.32. The lowest BCUT2D eigenvalue weighted by Gasteiger charge is -2.11. The van der Waals surface area contributed by atoms with Gasteiger partial charge < -0.3 is 5.32 Å². The molecule has 0 aliphatic rings. The highest BCUT2D eigenvalue weighted by molar-refractivity contribution is 7.80. The van der Waals surface area contributed by atoms with Gasteiger partial charge in [-0.15, -0.1) is 0 Å². The maximum absolute atomic E-state index is 12.3. The van der Waals surface area contributed by atoms with Crippen molar-refractivity contribution < 1.29 is 4.79 Å². The zero-order chi connectivity index (χ0) is 17.1. The van der Waals surface area contributed by atoms with E-state index in [0.29, 0.717) is 10.6 Å². The average Bonchev–Trinajstić information content (AvgIpc) is 2.57. The first-order chi connectivity index (χ1) is 11.5. The van der Waals surface area contributed by atoms with E-state index in [2.05, 4.69) is 15.6 Å². The summed E-state index contributed by atoms with van der Waals surface area (Å²) in [6.07, 6.45) is 1.71. The van der Waals surface area contributed by atoms with Gasteiger partial charge in [0.2, 0.25) is 0 Å². The van der Waals surface area contributed by atoms with Gasteiger partial charge in [-0.3, -0.25) is 15.1 Å². The number of carbonyl (C=O) groups is 1. The van der Waals surface area contributed by atoms with Gasteiger partial charge in [-0.05, 0) is 49.0 Å². The van der Waals surface area contributed by atoms with Crippen molar-refractivity contribution in [3.8, 4) is 0 Å². The molecule has 1 heterocycles. The van der Waals surface area contributed by atoms with E-state index in [1.54, 1.807) is 24.4 Å². The molecule has 0 radical (unpaired) electrons. The smallest absolute Gasteiger partial charge is 0.257 e. The van der Waals surface area contributed by atoms with E-state index in [1.165, 1.54) is 0 Å². The maximum atomic E-state index is 12.3. The van der Waals surface area contributed by atoms with Gasteiger partial charge in [0, 0.05) is 22.2 Å². The summed E-state index contributed by atoms with van der Waals surface area (Å²) >= 11 is 11.3. The van der Waals surface area contributed by atoms with Crippen molar-refractivity contribution in [3.05, 3.63) is 70.9 Å². The highest BCUT2D eigenvalue weighted by Crippen LogP contribution is 2.20. The summed E-state index contributed by atoms with van der Waals surface area (Å²) < 4.78 is 0. The number of rotatable bonds is 2. The third kappa shape index (κ3) is 3.53. The molecule has 2 aromatic carbocycles. The minimum atomic E-state index is -0.317. The van der Waals surface area contributed by atoms with E-state index in [-0.39, 0.29) is 11.0 Å². The molecule has 0 bridgehead atoms. The Labute approximate surface area is 149 Å². The highest BCUT2D eigenvalue weighted by atomic mass is 35.5. The molecular formula is C18H14ClN3OS. The molecule has 0 saturated carbocycles. The number of halogens is 1. The number of hydrogen-bond donors (Lipinski definition) is 2. The minimum Gasteiger partial charge on any atom is -0.331 e. The number of nitrogens with zero attached hydrogens (tertiary/aromatic N) is 1. The molecule has 3 aromatic rings. The molecule has 3 rings (SSSR count). The molecule has 6 heteroatoms. The van der Waals surface area contributed by atoms with Gasteiger partial charge in [0.1, 0.15) is 0 Å². The summed E-state index contributed by atoms with van der Waals surface area (Å²) in [6, 6.07) is 14.7. The van der Waals surface area contributed by atoms with Crippen LogP contribution < -0.4 is 10.6 Å². The van der Waals surface area contributed by atoms with Crippen LogP contribution in [0.4, 0.5) is 5.69 Å². The van der Waals surface area contributed by atoms with Crippen molar-refractivity contribution in [2.75, 3.05) is 5.32 Å². The zero-order valence-corrected chi connectivity index (χ0v) is 14.4. The van der Waals surface area contributed by atoms with E-state index in [4.69, 9.17) is 23.8 Å². The summed E-state index contributed by atoms with van der Waals surface area (Å²) in [5.74, 6) is -0.317. The van der Waals surface area contributed by atoms with Crippen LogP contribution in [0.5, 0.6) is 0 Å². The third-order valence-electron chi connectivity index (χ3n) is 3.54. The van der Waals surface area contributed by atoms with E-state index in [9.17, 15) is 4.79 Å². The number of amides is 1. The Balaban J connectivity index is 1.75. The SMILES string of the molecule is Cc1ccc(C(=O)NC(=S)Nc2cccc3cccnc23)cc1Cl. The van der Waals surface area contributed by atoms with Crippen LogP contribution in [0.3, 0.4) is 0 Å². The molecule has 2 N–H and O–H groups in total. The van der Waals surface area contributed by atoms with Crippen molar-refractivity contribution in [2.45, 2.75) is 6.92 Å². The number of hydrogen-bond acceptors (Lipinski definition) is 3. The van der Waals surface area contributed by atoms with Crippen LogP contribution in [-0.2, 0) is 0 Å². The average molecular weight is 356 g/mol. The standard InChI is InChI=1S/C18H14ClN3OS/c1-11-7-8-13(10-14(11)19)17(23)22-18(24)21-15-6-2-4-12-5-3-9-20-16(12)15/h2-10H,1H3,(H2,21,22,23,24). The second kappa shape index (κ2) is 6.95. The molecule has 1 amide bonds. The van der Waals surface area contributed by atoms with E-state index in [1.807, 2.05) is 37.3 Å². The van der Waals surface area contributed by atoms with Gasteiger partial charge >= 0.3 is 0 Å². The first kappa shape index (κ1) is 16.4. The number of nitrogens with one attached hydrogen (secondary N) is 2. The molecular weight excluding hydrogens is 342 g/mol. The Morgan fingerprint density at radius 3 is 2.75 bits per heavy atom. The van der Waals surface area contributed by atoms with E-state index >= 15 is 0 Å². The monoisotopic (exact) mass is 355 g/mol. The van der Waals surface area contributed by atoms with Crippen molar-refractivity contribution in [3.63, 3.8) is 0 Å². The topological polar surface area (TPSA) is 54.0 Å². The Kier molecular flexibility index (Phi) is 4.74. The molecule has 0 spiro atoms. The fourth-order valence-electron chi connectivity index (χ4n) is 2.27. The molecule has 0 aliphatic carbocycles. The summed E-state index contributed by atoms with van der Waals surface area (Å²) in [5.41, 5.74) is 2.89. The summed E-state index contributed by atoms with van der Waals surface area (Å²) in [5, 5.41) is 7.40. The number of fused-ring (bicyclic) bond motifs is 1. The number of aryl methyl sites for hydroxylation is 1. The van der Waals surface area contributed by atoms with Crippen LogP contribution in [0.15, 0.2) is 54.7 Å². The number of aromatic nitrogens is 1. The molecule has 120 valence electrons. The van der Waals surface area contributed by atoms with Gasteiger partial charge in [-0.25, -0.2) is 0 Å². The quantitative estimate of drug-likeness (QED) is 0.672. The summed E-state index contributed by atoms with van der Waals surface area (Å²) in [7, 11) is 0. The van der Waals surface area contributed by atoms with Crippen LogP contribution in [0.1, 0.15) is 15.9 Å². The lowest BCUT2D eigenvalue weighted by atomic mass is 10.1. The largest absolute Gasteiger partial charge is 0.331 e. The van der Waals surface area contributed by atoms with Crippen molar-refractivity contribution in [1.82, 2.24) is 10.3 Å². The van der Waals surface area contributed by atoms with Gasteiger partial charge in [0.25, 0.3) is 5.91 Å². The first-order valence-corrected chi connectivity index (χ1v) is 8.05. The fourth-order valence-corrected chi connectivity index (χ4v) is 2.65. The van der Waals surface area contributed by atoms with Crippen LogP contribution in [0.25, 0.3) is 10.9 Å². The van der Waals surface area contributed by atoms with Crippen molar-refractivity contribution >= 4 is 51.4 Å². The normalized spacial score (nSPS) is 10.4. The molecule has 24 heavy (non-hydrogen) atoms. The summed E-state index contributed by atoms with van der Waals surface area (Å²) in [6.45, 7) is 1.88. The zero-order valence-electron chi connectivity index (χ0n) is 12.8. The molecule has 0 atom stereocenters. The van der Waals surface area contributed by atoms with Crippen LogP contribution >= 0.6 is 23.8 Å². The molecule has 0 fully saturated rings. The molecule has 0 unspecified atom stereocenters. The van der Waals surface area contributed by atoms with Gasteiger partial charge in [0.05, 0.1) is 11.2 Å². The molecule has 0 aliphatic heterocycles. The Morgan fingerprint density at radius 2 is 1.96 bits per heavy atom. The minimum absolute atomic E-state index is 0.204. The first-order valence-electron chi connectivity index (χ1n) is 7.27. The molecule has 1 aromatic heterocycles. The van der Waals surface area contributed by atoms with Gasteiger partial charge in [-0.2, -0.15) is 0 Å². The van der Waals surface area contributed by atoms with Crippen LogP contribution in [0.2, 0.25) is 5.02 Å². The second-order valence-electron chi connectivity index (χ2n) is 5.25. The van der Waals surface area contributed by atoms with Gasteiger partial charge in [-0.1, -0.05) is 35.9 Å². The number of para-hydroxylation sites is 1. The maximum Gasteiger partial charge on any atom is 0.257 e. The van der Waals surface area contributed by atoms with Crippen molar-refractivity contribution in [2.24, 2.45) is 0 Å². The second-order valence-corrected chi connectivity index (χ2v) is 6.07.